The van der Waals surface area contributed by atoms with Gasteiger partial charge in [-0.05, 0) is 42.6 Å². The quantitative estimate of drug-likeness (QED) is 0.799. The third-order valence-electron chi connectivity index (χ3n) is 2.98. The minimum absolute atomic E-state index is 0.282. The molecule has 7 heteroatoms. The zero-order chi connectivity index (χ0) is 15.5. The maximum absolute atomic E-state index is 12.5. The summed E-state index contributed by atoms with van der Waals surface area (Å²) < 4.78 is 28.7. The molecule has 114 valence electrons. The first-order valence-corrected chi connectivity index (χ1v) is 9.55. The number of sulfonamides is 1. The van der Waals surface area contributed by atoms with Crippen LogP contribution in [0.1, 0.15) is 16.0 Å². The number of nitrogens with one attached hydrogen (secondary N) is 2. The fourth-order valence-electron chi connectivity index (χ4n) is 1.98. The van der Waals surface area contributed by atoms with Gasteiger partial charge in [0.1, 0.15) is 4.90 Å². The normalized spacial score (nSPS) is 11.8. The molecule has 0 amide bonds. The maximum atomic E-state index is 12.5. The second-order valence-corrected chi connectivity index (χ2v) is 8.24. The number of aryl methyl sites for hydroxylation is 1. The van der Waals surface area contributed by atoms with Crippen molar-refractivity contribution >= 4 is 37.3 Å². The van der Waals surface area contributed by atoms with Gasteiger partial charge in [0, 0.05) is 22.4 Å². The molecule has 2 aromatic rings. The van der Waals surface area contributed by atoms with Crippen LogP contribution >= 0.6 is 27.3 Å². The lowest BCUT2D eigenvalue weighted by atomic mass is 10.2. The van der Waals surface area contributed by atoms with Gasteiger partial charge in [-0.25, -0.2) is 13.1 Å². The Morgan fingerprint density at radius 2 is 1.86 bits per heavy atom. The minimum atomic E-state index is -3.50. The summed E-state index contributed by atoms with van der Waals surface area (Å²) in [6, 6.07) is 7.57. The van der Waals surface area contributed by atoms with E-state index in [0.717, 1.165) is 20.5 Å². The highest BCUT2D eigenvalue weighted by Gasteiger charge is 2.22. The number of halogens is 1. The van der Waals surface area contributed by atoms with Crippen molar-refractivity contribution in [1.29, 1.82) is 0 Å². The van der Waals surface area contributed by atoms with Crippen LogP contribution in [0, 0.1) is 6.92 Å². The Kier molecular flexibility index (Phi) is 5.56. The van der Waals surface area contributed by atoms with Crippen molar-refractivity contribution in [2.24, 2.45) is 0 Å². The van der Waals surface area contributed by atoms with Crippen molar-refractivity contribution < 1.29 is 8.42 Å². The van der Waals surface area contributed by atoms with Crippen LogP contribution in [0.5, 0.6) is 0 Å². The van der Waals surface area contributed by atoms with E-state index in [1.54, 1.807) is 7.05 Å². The van der Waals surface area contributed by atoms with Crippen molar-refractivity contribution in [3.8, 4) is 0 Å². The van der Waals surface area contributed by atoms with E-state index in [4.69, 9.17) is 0 Å². The van der Waals surface area contributed by atoms with E-state index in [1.807, 2.05) is 36.6 Å². The van der Waals surface area contributed by atoms with Gasteiger partial charge in [0.25, 0.3) is 0 Å². The van der Waals surface area contributed by atoms with Gasteiger partial charge in [0.15, 0.2) is 0 Å². The van der Waals surface area contributed by atoms with Gasteiger partial charge >= 0.3 is 0 Å². The van der Waals surface area contributed by atoms with Gasteiger partial charge in [-0.15, -0.1) is 11.3 Å². The zero-order valence-corrected chi connectivity index (χ0v) is 15.0. The SMILES string of the molecule is CNCc1scc(C)c1S(=O)(=O)NCc1ccc(Br)cc1. The second-order valence-electron chi connectivity index (χ2n) is 4.65. The van der Waals surface area contributed by atoms with Crippen LogP contribution in [0.3, 0.4) is 0 Å². The average molecular weight is 389 g/mol. The van der Waals surface area contributed by atoms with Crippen molar-refractivity contribution in [2.75, 3.05) is 7.05 Å². The van der Waals surface area contributed by atoms with Crippen LogP contribution in [0.15, 0.2) is 39.0 Å². The highest BCUT2D eigenvalue weighted by atomic mass is 79.9. The van der Waals surface area contributed by atoms with E-state index in [1.165, 1.54) is 11.3 Å². The smallest absolute Gasteiger partial charge is 0.242 e. The molecule has 0 spiro atoms. The Morgan fingerprint density at radius 3 is 2.48 bits per heavy atom. The molecule has 0 fully saturated rings. The molecule has 0 unspecified atom stereocenters. The van der Waals surface area contributed by atoms with E-state index in [0.29, 0.717) is 11.4 Å². The summed E-state index contributed by atoms with van der Waals surface area (Å²) in [6.45, 7) is 2.65. The lowest BCUT2D eigenvalue weighted by Crippen LogP contribution is -2.25. The molecule has 0 aliphatic heterocycles. The molecule has 2 N–H and O–H groups in total. The van der Waals surface area contributed by atoms with Gasteiger partial charge in [0.2, 0.25) is 10.0 Å². The molecule has 0 bridgehead atoms. The van der Waals surface area contributed by atoms with E-state index in [9.17, 15) is 8.42 Å². The zero-order valence-electron chi connectivity index (χ0n) is 11.8. The van der Waals surface area contributed by atoms with Crippen LogP contribution in [0.4, 0.5) is 0 Å². The van der Waals surface area contributed by atoms with E-state index in [2.05, 4.69) is 26.0 Å². The number of hydrogen-bond acceptors (Lipinski definition) is 4. The summed E-state index contributed by atoms with van der Waals surface area (Å²) in [4.78, 5) is 1.23. The van der Waals surface area contributed by atoms with Gasteiger partial charge in [-0.2, -0.15) is 0 Å². The van der Waals surface area contributed by atoms with Crippen molar-refractivity contribution in [1.82, 2.24) is 10.0 Å². The summed E-state index contributed by atoms with van der Waals surface area (Å²) in [7, 11) is -1.69. The molecule has 0 saturated heterocycles. The average Bonchev–Trinajstić information content (AvgIpc) is 2.80. The molecule has 1 aromatic carbocycles. The summed E-state index contributed by atoms with van der Waals surface area (Å²) in [5.74, 6) is 0. The number of hydrogen-bond donors (Lipinski definition) is 2. The first-order chi connectivity index (χ1) is 9.94. The van der Waals surface area contributed by atoms with Gasteiger partial charge in [-0.1, -0.05) is 28.1 Å². The molecule has 0 aliphatic carbocycles. The molecular formula is C14H17BrN2O2S2. The standard InChI is InChI=1S/C14H17BrN2O2S2/c1-10-9-20-13(8-16-2)14(10)21(18,19)17-7-11-3-5-12(15)6-4-11/h3-6,9,16-17H,7-8H2,1-2H3. The Morgan fingerprint density at radius 1 is 1.19 bits per heavy atom. The fourth-order valence-corrected chi connectivity index (χ4v) is 5.08. The van der Waals surface area contributed by atoms with Crippen LogP contribution in [-0.2, 0) is 23.1 Å². The lowest BCUT2D eigenvalue weighted by molar-refractivity contribution is 0.579. The lowest BCUT2D eigenvalue weighted by Gasteiger charge is -2.09. The first-order valence-electron chi connectivity index (χ1n) is 6.39. The highest BCUT2D eigenvalue weighted by Crippen LogP contribution is 2.26. The third-order valence-corrected chi connectivity index (χ3v) is 6.37. The molecule has 1 heterocycles. The summed E-state index contributed by atoms with van der Waals surface area (Å²) in [6.07, 6.45) is 0. The Labute approximate surface area is 137 Å². The topological polar surface area (TPSA) is 58.2 Å². The van der Waals surface area contributed by atoms with Crippen LogP contribution in [-0.4, -0.2) is 15.5 Å². The largest absolute Gasteiger partial charge is 0.315 e. The van der Waals surface area contributed by atoms with Crippen LogP contribution in [0.2, 0.25) is 0 Å². The number of benzene rings is 1. The van der Waals surface area contributed by atoms with Crippen molar-refractivity contribution in [3.05, 3.63) is 50.1 Å². The molecule has 0 radical (unpaired) electrons. The molecule has 2 rings (SSSR count). The Bertz CT molecular complexity index is 709. The van der Waals surface area contributed by atoms with E-state index >= 15 is 0 Å². The predicted molar refractivity (Wildman–Crippen MR) is 90.0 cm³/mol. The number of rotatable bonds is 6. The monoisotopic (exact) mass is 388 g/mol. The highest BCUT2D eigenvalue weighted by molar-refractivity contribution is 9.10. The molecule has 0 saturated carbocycles. The minimum Gasteiger partial charge on any atom is -0.315 e. The van der Waals surface area contributed by atoms with Crippen molar-refractivity contribution in [3.63, 3.8) is 0 Å². The summed E-state index contributed by atoms with van der Waals surface area (Å²) in [5, 5.41) is 4.88. The van der Waals surface area contributed by atoms with E-state index in [-0.39, 0.29) is 6.54 Å². The predicted octanol–water partition coefficient (Wildman–Crippen LogP) is 3.02. The first kappa shape index (κ1) is 16.6. The summed E-state index contributed by atoms with van der Waals surface area (Å²) in [5.41, 5.74) is 1.71. The molecule has 1 aromatic heterocycles. The number of thiophene rings is 1. The molecule has 4 nitrogen and oxygen atoms in total. The molecule has 21 heavy (non-hydrogen) atoms. The molecule has 0 atom stereocenters. The van der Waals surface area contributed by atoms with E-state index < -0.39 is 10.0 Å². The Balaban J connectivity index is 2.18. The van der Waals surface area contributed by atoms with Crippen LogP contribution < -0.4 is 10.0 Å². The van der Waals surface area contributed by atoms with Gasteiger partial charge < -0.3 is 5.32 Å². The Hall–Kier alpha value is -0.730. The van der Waals surface area contributed by atoms with Crippen molar-refractivity contribution in [2.45, 2.75) is 24.9 Å². The van der Waals surface area contributed by atoms with Gasteiger partial charge in [0.05, 0.1) is 0 Å². The van der Waals surface area contributed by atoms with Gasteiger partial charge in [-0.3, -0.25) is 0 Å². The molecule has 0 aliphatic rings. The maximum Gasteiger partial charge on any atom is 0.242 e. The molecular weight excluding hydrogens is 372 g/mol. The summed E-state index contributed by atoms with van der Waals surface area (Å²) >= 11 is 4.82. The third kappa shape index (κ3) is 4.14. The fraction of sp³-hybridized carbons (Fsp3) is 0.286. The second kappa shape index (κ2) is 7.02. The van der Waals surface area contributed by atoms with Crippen LogP contribution in [0.25, 0.3) is 0 Å².